The summed E-state index contributed by atoms with van der Waals surface area (Å²) in [6.45, 7) is 0. The summed E-state index contributed by atoms with van der Waals surface area (Å²) < 4.78 is 5.18. The number of para-hydroxylation sites is 1. The summed E-state index contributed by atoms with van der Waals surface area (Å²) >= 11 is 0. The largest absolute Gasteiger partial charge is 0.506 e. The molecule has 2 rings (SSSR count). The number of phenolic OH excluding ortho intramolecular Hbond substituents is 1. The van der Waals surface area contributed by atoms with Crippen molar-refractivity contribution in [3.63, 3.8) is 0 Å². The van der Waals surface area contributed by atoms with E-state index in [1.54, 1.807) is 6.07 Å². The first-order chi connectivity index (χ1) is 7.68. The summed E-state index contributed by atoms with van der Waals surface area (Å²) in [5.74, 6) is -0.0474. The van der Waals surface area contributed by atoms with Crippen LogP contribution in [0.1, 0.15) is 0 Å². The number of phenols is 1. The molecule has 0 atom stereocenters. The van der Waals surface area contributed by atoms with Crippen molar-refractivity contribution in [2.45, 2.75) is 0 Å². The Balaban J connectivity index is 2.38. The van der Waals surface area contributed by atoms with E-state index in [9.17, 15) is 9.90 Å². The third kappa shape index (κ3) is 1.81. The molecule has 0 saturated carbocycles. The van der Waals surface area contributed by atoms with Crippen LogP contribution in [0.4, 0.5) is 5.69 Å². The zero-order valence-electron chi connectivity index (χ0n) is 8.18. The van der Waals surface area contributed by atoms with Gasteiger partial charge >= 0.3 is 5.56 Å². The molecule has 6 heteroatoms. The number of benzene rings is 1. The van der Waals surface area contributed by atoms with Gasteiger partial charge in [-0.3, -0.25) is 4.79 Å². The molecule has 1 aromatic carbocycles. The minimum absolute atomic E-state index is 0.0625. The van der Waals surface area contributed by atoms with E-state index in [0.29, 0.717) is 0 Å². The molecule has 16 heavy (non-hydrogen) atoms. The van der Waals surface area contributed by atoms with Crippen LogP contribution in [-0.4, -0.2) is 15.1 Å². The summed E-state index contributed by atoms with van der Waals surface area (Å²) in [6.07, 6.45) is 2.77. The Morgan fingerprint density at radius 2 is 2.25 bits per heavy atom. The monoisotopic (exact) mass is 219 g/mol. The molecule has 82 valence electrons. The van der Waals surface area contributed by atoms with Crippen LogP contribution in [0, 0.1) is 0 Å². The SMILES string of the molecule is Nc1c(O)cccc1Oc1ncc[nH]c1=O. The lowest BCUT2D eigenvalue weighted by Crippen LogP contribution is -2.09. The Morgan fingerprint density at radius 3 is 3.00 bits per heavy atom. The van der Waals surface area contributed by atoms with Gasteiger partial charge in [-0.1, -0.05) is 6.07 Å². The number of aromatic amines is 1. The zero-order valence-corrected chi connectivity index (χ0v) is 8.18. The second-order valence-electron chi connectivity index (χ2n) is 3.01. The van der Waals surface area contributed by atoms with Crippen LogP contribution >= 0.6 is 0 Å². The molecule has 0 aliphatic carbocycles. The molecular formula is C10H9N3O3. The topological polar surface area (TPSA) is 101 Å². The van der Waals surface area contributed by atoms with Crippen molar-refractivity contribution in [3.8, 4) is 17.4 Å². The Labute approximate surface area is 90.3 Å². The first-order valence-corrected chi connectivity index (χ1v) is 4.47. The number of ether oxygens (including phenoxy) is 1. The number of aromatic hydroxyl groups is 1. The third-order valence-corrected chi connectivity index (χ3v) is 1.92. The molecule has 4 N–H and O–H groups in total. The summed E-state index contributed by atoms with van der Waals surface area (Å²) in [6, 6.07) is 4.51. The number of nitrogen functional groups attached to an aromatic ring is 1. The van der Waals surface area contributed by atoms with Gasteiger partial charge in [0.1, 0.15) is 11.4 Å². The number of nitrogens with zero attached hydrogens (tertiary/aromatic N) is 1. The van der Waals surface area contributed by atoms with E-state index < -0.39 is 5.56 Å². The second-order valence-corrected chi connectivity index (χ2v) is 3.01. The Kier molecular flexibility index (Phi) is 2.47. The fourth-order valence-electron chi connectivity index (χ4n) is 1.14. The predicted octanol–water partition coefficient (Wildman–Crippen LogP) is 0.850. The first-order valence-electron chi connectivity index (χ1n) is 4.47. The van der Waals surface area contributed by atoms with Gasteiger partial charge in [0, 0.05) is 12.4 Å². The Hall–Kier alpha value is -2.50. The molecular weight excluding hydrogens is 210 g/mol. The number of hydrogen-bond donors (Lipinski definition) is 3. The highest BCUT2D eigenvalue weighted by molar-refractivity contribution is 5.62. The first kappa shape index (κ1) is 10.0. The normalized spacial score (nSPS) is 10.0. The Morgan fingerprint density at radius 1 is 1.44 bits per heavy atom. The quantitative estimate of drug-likeness (QED) is 0.513. The molecule has 1 aromatic heterocycles. The molecule has 0 amide bonds. The summed E-state index contributed by atoms with van der Waals surface area (Å²) in [5.41, 5.74) is 5.16. The van der Waals surface area contributed by atoms with Gasteiger partial charge in [-0.15, -0.1) is 0 Å². The maximum Gasteiger partial charge on any atom is 0.311 e. The van der Waals surface area contributed by atoms with Gasteiger partial charge in [-0.05, 0) is 12.1 Å². The number of nitrogens with two attached hydrogens (primary N) is 1. The molecule has 0 saturated heterocycles. The molecule has 0 aliphatic heterocycles. The number of anilines is 1. The van der Waals surface area contributed by atoms with Crippen molar-refractivity contribution in [3.05, 3.63) is 40.9 Å². The van der Waals surface area contributed by atoms with Crippen LogP contribution in [0.25, 0.3) is 0 Å². The van der Waals surface area contributed by atoms with Gasteiger partial charge in [-0.25, -0.2) is 4.98 Å². The number of nitrogens with one attached hydrogen (secondary N) is 1. The third-order valence-electron chi connectivity index (χ3n) is 1.92. The molecule has 0 aliphatic rings. The summed E-state index contributed by atoms with van der Waals surface area (Å²) in [4.78, 5) is 17.4. The van der Waals surface area contributed by atoms with Crippen molar-refractivity contribution < 1.29 is 9.84 Å². The lowest BCUT2D eigenvalue weighted by atomic mass is 10.3. The van der Waals surface area contributed by atoms with Crippen LogP contribution in [-0.2, 0) is 0 Å². The standard InChI is InChI=1S/C10H9N3O3/c11-8-6(14)2-1-3-7(8)16-10-9(15)12-4-5-13-10/h1-5,14H,11H2,(H,12,15). The molecule has 0 spiro atoms. The van der Waals surface area contributed by atoms with E-state index in [2.05, 4.69) is 9.97 Å². The number of H-pyrrole nitrogens is 1. The molecule has 0 bridgehead atoms. The van der Waals surface area contributed by atoms with Crippen molar-refractivity contribution >= 4 is 5.69 Å². The van der Waals surface area contributed by atoms with E-state index in [-0.39, 0.29) is 23.1 Å². The second kappa shape index (κ2) is 3.93. The zero-order chi connectivity index (χ0) is 11.5. The van der Waals surface area contributed by atoms with Crippen LogP contribution in [0.3, 0.4) is 0 Å². The van der Waals surface area contributed by atoms with Crippen molar-refractivity contribution in [1.82, 2.24) is 9.97 Å². The maximum atomic E-state index is 11.3. The van der Waals surface area contributed by atoms with Gasteiger partial charge in [-0.2, -0.15) is 0 Å². The lowest BCUT2D eigenvalue weighted by Gasteiger charge is -2.07. The molecule has 0 radical (unpaired) electrons. The molecule has 2 aromatic rings. The van der Waals surface area contributed by atoms with Crippen LogP contribution in [0.15, 0.2) is 35.4 Å². The average Bonchev–Trinajstić information content (AvgIpc) is 2.28. The number of rotatable bonds is 2. The highest BCUT2D eigenvalue weighted by Crippen LogP contribution is 2.31. The molecule has 0 fully saturated rings. The van der Waals surface area contributed by atoms with Crippen LogP contribution in [0.5, 0.6) is 17.4 Å². The van der Waals surface area contributed by atoms with Gasteiger partial charge in [0.15, 0.2) is 5.75 Å². The maximum absolute atomic E-state index is 11.3. The fourth-order valence-corrected chi connectivity index (χ4v) is 1.14. The fraction of sp³-hybridized carbons (Fsp3) is 0. The van der Waals surface area contributed by atoms with E-state index >= 15 is 0 Å². The van der Waals surface area contributed by atoms with E-state index in [4.69, 9.17) is 10.5 Å². The van der Waals surface area contributed by atoms with E-state index in [0.717, 1.165) is 0 Å². The molecule has 1 heterocycles. The van der Waals surface area contributed by atoms with Crippen molar-refractivity contribution in [1.29, 1.82) is 0 Å². The van der Waals surface area contributed by atoms with Crippen molar-refractivity contribution in [2.24, 2.45) is 0 Å². The van der Waals surface area contributed by atoms with Gasteiger partial charge in [0.2, 0.25) is 0 Å². The van der Waals surface area contributed by atoms with Gasteiger partial charge in [0.25, 0.3) is 5.88 Å². The Bertz CT molecular complexity index is 565. The minimum atomic E-state index is -0.467. The molecule has 0 unspecified atom stereocenters. The molecule has 6 nitrogen and oxygen atoms in total. The van der Waals surface area contributed by atoms with Crippen molar-refractivity contribution in [2.75, 3.05) is 5.73 Å². The van der Waals surface area contributed by atoms with E-state index in [1.165, 1.54) is 24.5 Å². The minimum Gasteiger partial charge on any atom is -0.506 e. The smallest absolute Gasteiger partial charge is 0.311 e. The summed E-state index contributed by atoms with van der Waals surface area (Å²) in [5, 5.41) is 9.34. The summed E-state index contributed by atoms with van der Waals surface area (Å²) in [7, 11) is 0. The van der Waals surface area contributed by atoms with E-state index in [1.807, 2.05) is 0 Å². The number of hydrogen-bond acceptors (Lipinski definition) is 5. The van der Waals surface area contributed by atoms with Gasteiger partial charge in [0.05, 0.1) is 0 Å². The highest BCUT2D eigenvalue weighted by atomic mass is 16.5. The van der Waals surface area contributed by atoms with Crippen LogP contribution in [0.2, 0.25) is 0 Å². The van der Waals surface area contributed by atoms with Gasteiger partial charge < -0.3 is 20.6 Å². The predicted molar refractivity (Wildman–Crippen MR) is 57.5 cm³/mol. The highest BCUT2D eigenvalue weighted by Gasteiger charge is 2.08. The van der Waals surface area contributed by atoms with Crippen LogP contribution < -0.4 is 16.0 Å². The number of aromatic nitrogens is 2. The lowest BCUT2D eigenvalue weighted by molar-refractivity contribution is 0.444. The average molecular weight is 219 g/mol.